The van der Waals surface area contributed by atoms with Gasteiger partial charge in [-0.2, -0.15) is 0 Å². The molecule has 0 fully saturated rings. The van der Waals surface area contributed by atoms with Gasteiger partial charge in [0.05, 0.1) is 18.4 Å². The normalized spacial score (nSPS) is 11.1. The summed E-state index contributed by atoms with van der Waals surface area (Å²) in [6, 6.07) is 1.37. The predicted octanol–water partition coefficient (Wildman–Crippen LogP) is 2.09. The van der Waals surface area contributed by atoms with E-state index in [1.54, 1.807) is 0 Å². The summed E-state index contributed by atoms with van der Waals surface area (Å²) in [6.07, 6.45) is -5.07. The number of methoxy groups -OCH3 is 1. The molecule has 17 heavy (non-hydrogen) atoms. The van der Waals surface area contributed by atoms with Crippen LogP contribution in [0.3, 0.4) is 0 Å². The monoisotopic (exact) mass is 253 g/mol. The van der Waals surface area contributed by atoms with Crippen molar-refractivity contribution in [2.24, 2.45) is 0 Å². The van der Waals surface area contributed by atoms with Crippen molar-refractivity contribution in [3.8, 4) is 5.75 Å². The van der Waals surface area contributed by atoms with Gasteiger partial charge in [-0.3, -0.25) is 0 Å². The SMILES string of the molecule is COC(=O)c1cc(N)c(OC(F)(F)F)c(F)c1. The van der Waals surface area contributed by atoms with Gasteiger partial charge >= 0.3 is 12.3 Å². The van der Waals surface area contributed by atoms with Gasteiger partial charge in [0, 0.05) is 0 Å². The van der Waals surface area contributed by atoms with Gasteiger partial charge in [0.25, 0.3) is 0 Å². The molecule has 0 aliphatic rings. The Labute approximate surface area is 92.9 Å². The quantitative estimate of drug-likeness (QED) is 0.498. The van der Waals surface area contributed by atoms with Crippen LogP contribution in [-0.2, 0) is 4.74 Å². The third-order valence-corrected chi connectivity index (χ3v) is 1.71. The smallest absolute Gasteiger partial charge is 0.465 e. The molecule has 0 saturated carbocycles. The van der Waals surface area contributed by atoms with E-state index in [2.05, 4.69) is 9.47 Å². The average molecular weight is 253 g/mol. The van der Waals surface area contributed by atoms with Crippen LogP contribution in [0.5, 0.6) is 5.75 Å². The number of hydrogen-bond donors (Lipinski definition) is 1. The zero-order valence-corrected chi connectivity index (χ0v) is 8.47. The highest BCUT2D eigenvalue weighted by molar-refractivity contribution is 5.91. The lowest BCUT2D eigenvalue weighted by atomic mass is 10.2. The molecule has 1 aromatic carbocycles. The molecule has 0 radical (unpaired) electrons. The van der Waals surface area contributed by atoms with Crippen LogP contribution >= 0.6 is 0 Å². The molecule has 4 nitrogen and oxygen atoms in total. The average Bonchev–Trinajstić information content (AvgIpc) is 2.20. The topological polar surface area (TPSA) is 61.5 Å². The zero-order chi connectivity index (χ0) is 13.2. The number of esters is 1. The van der Waals surface area contributed by atoms with Gasteiger partial charge in [0.2, 0.25) is 0 Å². The number of alkyl halides is 3. The van der Waals surface area contributed by atoms with Gasteiger partial charge in [-0.25, -0.2) is 9.18 Å². The number of ether oxygens (including phenoxy) is 2. The minimum absolute atomic E-state index is 0.308. The molecule has 0 atom stereocenters. The molecule has 0 spiro atoms. The molecule has 1 aromatic rings. The van der Waals surface area contributed by atoms with E-state index in [1.165, 1.54) is 0 Å². The third-order valence-electron chi connectivity index (χ3n) is 1.71. The van der Waals surface area contributed by atoms with Gasteiger partial charge in [-0.05, 0) is 12.1 Å². The van der Waals surface area contributed by atoms with Crippen LogP contribution in [0, 0.1) is 5.82 Å². The number of carbonyl (C=O) groups is 1. The zero-order valence-electron chi connectivity index (χ0n) is 8.47. The molecule has 0 aliphatic heterocycles. The standard InChI is InChI=1S/C9H7F4NO3/c1-16-8(15)4-2-5(10)7(6(14)3-4)17-9(11,12)13/h2-3H,14H2,1H3. The van der Waals surface area contributed by atoms with Crippen molar-refractivity contribution in [2.45, 2.75) is 6.36 Å². The molecule has 0 bridgehead atoms. The van der Waals surface area contributed by atoms with Crippen LogP contribution in [0.1, 0.15) is 10.4 Å². The number of benzene rings is 1. The molecule has 0 heterocycles. The highest BCUT2D eigenvalue weighted by atomic mass is 19.4. The Morgan fingerprint density at radius 2 is 1.94 bits per heavy atom. The van der Waals surface area contributed by atoms with Crippen LogP contribution in [0.15, 0.2) is 12.1 Å². The Morgan fingerprint density at radius 3 is 2.35 bits per heavy atom. The fraction of sp³-hybridized carbons (Fsp3) is 0.222. The molecular weight excluding hydrogens is 246 g/mol. The van der Waals surface area contributed by atoms with Crippen molar-refractivity contribution in [2.75, 3.05) is 12.8 Å². The maximum Gasteiger partial charge on any atom is 0.573 e. The van der Waals surface area contributed by atoms with E-state index in [1.807, 2.05) is 0 Å². The first-order valence-corrected chi connectivity index (χ1v) is 4.17. The molecule has 1 rings (SSSR count). The minimum atomic E-state index is -5.07. The second-order valence-electron chi connectivity index (χ2n) is 2.92. The van der Waals surface area contributed by atoms with E-state index in [-0.39, 0.29) is 5.56 Å². The summed E-state index contributed by atoms with van der Waals surface area (Å²) < 4.78 is 56.5. The largest absolute Gasteiger partial charge is 0.573 e. The number of nitrogen functional groups attached to an aromatic ring is 1. The maximum atomic E-state index is 13.2. The number of rotatable bonds is 2. The van der Waals surface area contributed by atoms with Crippen molar-refractivity contribution in [1.82, 2.24) is 0 Å². The molecule has 0 saturated heterocycles. The summed E-state index contributed by atoms with van der Waals surface area (Å²) in [5.74, 6) is -3.50. The first-order valence-electron chi connectivity index (χ1n) is 4.17. The summed E-state index contributed by atoms with van der Waals surface area (Å²) >= 11 is 0. The van der Waals surface area contributed by atoms with E-state index in [9.17, 15) is 22.4 Å². The molecular formula is C9H7F4NO3. The lowest BCUT2D eigenvalue weighted by molar-refractivity contribution is -0.275. The van der Waals surface area contributed by atoms with Crippen LogP contribution < -0.4 is 10.5 Å². The van der Waals surface area contributed by atoms with Crippen molar-refractivity contribution in [3.05, 3.63) is 23.5 Å². The molecule has 0 unspecified atom stereocenters. The molecule has 0 aliphatic carbocycles. The van der Waals surface area contributed by atoms with Gasteiger partial charge in [0.15, 0.2) is 11.6 Å². The fourth-order valence-corrected chi connectivity index (χ4v) is 1.07. The van der Waals surface area contributed by atoms with Gasteiger partial charge in [-0.15, -0.1) is 13.2 Å². The third kappa shape index (κ3) is 3.23. The predicted molar refractivity (Wildman–Crippen MR) is 48.8 cm³/mol. The van der Waals surface area contributed by atoms with Crippen LogP contribution in [0.2, 0.25) is 0 Å². The van der Waals surface area contributed by atoms with E-state index >= 15 is 0 Å². The van der Waals surface area contributed by atoms with E-state index < -0.39 is 29.6 Å². The summed E-state index contributed by atoms with van der Waals surface area (Å²) in [4.78, 5) is 11.0. The molecule has 0 amide bonds. The second-order valence-corrected chi connectivity index (χ2v) is 2.92. The Balaban J connectivity index is 3.15. The number of halogens is 4. The lowest BCUT2D eigenvalue weighted by Gasteiger charge is -2.12. The number of hydrogen-bond acceptors (Lipinski definition) is 4. The van der Waals surface area contributed by atoms with Crippen LogP contribution in [0.4, 0.5) is 23.2 Å². The highest BCUT2D eigenvalue weighted by Gasteiger charge is 2.33. The highest BCUT2D eigenvalue weighted by Crippen LogP contribution is 2.32. The van der Waals surface area contributed by atoms with Gasteiger partial charge < -0.3 is 15.2 Å². The van der Waals surface area contributed by atoms with E-state index in [4.69, 9.17) is 5.73 Å². The molecule has 2 N–H and O–H groups in total. The van der Waals surface area contributed by atoms with Crippen molar-refractivity contribution >= 4 is 11.7 Å². The van der Waals surface area contributed by atoms with Crippen LogP contribution in [0.25, 0.3) is 0 Å². The lowest BCUT2D eigenvalue weighted by Crippen LogP contribution is -2.19. The van der Waals surface area contributed by atoms with Crippen molar-refractivity contribution in [1.29, 1.82) is 0 Å². The Kier molecular flexibility index (Phi) is 3.45. The Bertz CT molecular complexity index is 421. The van der Waals surface area contributed by atoms with Crippen molar-refractivity contribution < 1.29 is 31.8 Å². The molecule has 0 aromatic heterocycles. The number of nitrogens with two attached hydrogens (primary N) is 1. The Morgan fingerprint density at radius 1 is 1.35 bits per heavy atom. The van der Waals surface area contributed by atoms with Crippen molar-refractivity contribution in [3.63, 3.8) is 0 Å². The molecule has 8 heteroatoms. The summed E-state index contributed by atoms with van der Waals surface area (Å²) in [5, 5.41) is 0. The first kappa shape index (κ1) is 13.1. The Hall–Kier alpha value is -1.99. The van der Waals surface area contributed by atoms with Gasteiger partial charge in [0.1, 0.15) is 0 Å². The summed E-state index contributed by atoms with van der Waals surface area (Å²) in [7, 11) is 1.04. The molecule has 94 valence electrons. The second kappa shape index (κ2) is 4.48. The number of anilines is 1. The summed E-state index contributed by atoms with van der Waals surface area (Å²) in [6.45, 7) is 0. The minimum Gasteiger partial charge on any atom is -0.465 e. The maximum absolute atomic E-state index is 13.2. The number of carbonyl (C=O) groups excluding carboxylic acids is 1. The fourth-order valence-electron chi connectivity index (χ4n) is 1.07. The first-order chi connectivity index (χ1) is 7.74. The summed E-state index contributed by atoms with van der Waals surface area (Å²) in [5.41, 5.74) is 4.19. The van der Waals surface area contributed by atoms with E-state index in [0.29, 0.717) is 6.07 Å². The van der Waals surface area contributed by atoms with Gasteiger partial charge in [-0.1, -0.05) is 0 Å². The van der Waals surface area contributed by atoms with E-state index in [0.717, 1.165) is 13.2 Å². The van der Waals surface area contributed by atoms with Crippen LogP contribution in [-0.4, -0.2) is 19.4 Å².